The largest absolute Gasteiger partial charge is 0.457 e. The van der Waals surface area contributed by atoms with Crippen LogP contribution < -0.4 is 9.47 Å². The van der Waals surface area contributed by atoms with Crippen molar-refractivity contribution in [3.05, 3.63) is 59.4 Å². The van der Waals surface area contributed by atoms with Crippen molar-refractivity contribution in [1.82, 2.24) is 0 Å². The van der Waals surface area contributed by atoms with Crippen LogP contribution in [0.5, 0.6) is 11.5 Å². The number of ketones is 1. The van der Waals surface area contributed by atoms with Gasteiger partial charge in [-0.3, -0.25) is 9.59 Å². The quantitative estimate of drug-likeness (QED) is 0.598. The maximum atomic E-state index is 11.5. The molecule has 2 aromatic carbocycles. The number of benzene rings is 2. The van der Waals surface area contributed by atoms with Crippen LogP contribution in [0.2, 0.25) is 0 Å². The van der Waals surface area contributed by atoms with E-state index in [-0.39, 0.29) is 11.8 Å². The summed E-state index contributed by atoms with van der Waals surface area (Å²) in [5.74, 6) is 1.70. The molecule has 0 unspecified atom stereocenters. The van der Waals surface area contributed by atoms with E-state index in [2.05, 4.69) is 0 Å². The SMILES string of the molecule is CC(=O)Oc1ccc2c3c(ccc2c1)OC1=CC(=O)CC=C1C3. The molecule has 2 aromatic rings. The molecule has 0 atom stereocenters. The Balaban J connectivity index is 1.81. The highest BCUT2D eigenvalue weighted by molar-refractivity contribution is 5.95. The van der Waals surface area contributed by atoms with Gasteiger partial charge in [0.05, 0.1) is 0 Å². The lowest BCUT2D eigenvalue weighted by Gasteiger charge is -2.25. The van der Waals surface area contributed by atoms with Crippen LogP contribution in [0.3, 0.4) is 0 Å². The van der Waals surface area contributed by atoms with Gasteiger partial charge in [0.15, 0.2) is 5.78 Å². The van der Waals surface area contributed by atoms with E-state index in [4.69, 9.17) is 9.47 Å². The molecule has 0 saturated carbocycles. The third-order valence-corrected chi connectivity index (χ3v) is 4.07. The Hall–Kier alpha value is -2.88. The van der Waals surface area contributed by atoms with Crippen LogP contribution in [-0.2, 0) is 16.0 Å². The molecule has 2 aliphatic rings. The van der Waals surface area contributed by atoms with Gasteiger partial charge in [0.2, 0.25) is 0 Å². The lowest BCUT2D eigenvalue weighted by Crippen LogP contribution is -2.15. The van der Waals surface area contributed by atoms with Gasteiger partial charge in [-0.15, -0.1) is 0 Å². The van der Waals surface area contributed by atoms with Crippen LogP contribution in [0.25, 0.3) is 10.8 Å². The predicted octanol–water partition coefficient (Wildman–Crippen LogP) is 3.48. The van der Waals surface area contributed by atoms with Gasteiger partial charge >= 0.3 is 5.97 Å². The van der Waals surface area contributed by atoms with Gasteiger partial charge in [0, 0.05) is 31.4 Å². The lowest BCUT2D eigenvalue weighted by atomic mass is 9.91. The van der Waals surface area contributed by atoms with Crippen molar-refractivity contribution in [3.8, 4) is 11.5 Å². The summed E-state index contributed by atoms with van der Waals surface area (Å²) in [4.78, 5) is 22.6. The first kappa shape index (κ1) is 13.8. The van der Waals surface area contributed by atoms with Crippen molar-refractivity contribution in [3.63, 3.8) is 0 Å². The molecule has 4 nitrogen and oxygen atoms in total. The Kier molecular flexibility index (Phi) is 3.05. The number of fused-ring (bicyclic) bond motifs is 4. The Bertz CT molecular complexity index is 918. The Labute approximate surface area is 133 Å². The standard InChI is InChI=1S/C19H14O4/c1-11(20)22-15-5-6-16-12(8-15)3-7-18-17(16)9-13-2-4-14(21)10-19(13)23-18/h2-3,5-8,10H,4,9H2,1H3. The van der Waals surface area contributed by atoms with Crippen molar-refractivity contribution < 1.29 is 19.1 Å². The van der Waals surface area contributed by atoms with Crippen LogP contribution >= 0.6 is 0 Å². The van der Waals surface area contributed by atoms with E-state index in [1.54, 1.807) is 12.1 Å². The van der Waals surface area contributed by atoms with Crippen molar-refractivity contribution in [2.75, 3.05) is 0 Å². The minimum absolute atomic E-state index is 0.0685. The molecular weight excluding hydrogens is 292 g/mol. The first-order chi connectivity index (χ1) is 11.1. The number of ether oxygens (including phenoxy) is 2. The summed E-state index contributed by atoms with van der Waals surface area (Å²) < 4.78 is 11.0. The number of hydrogen-bond acceptors (Lipinski definition) is 4. The third-order valence-electron chi connectivity index (χ3n) is 4.07. The fraction of sp³-hybridized carbons (Fsp3) is 0.158. The molecule has 0 spiro atoms. The highest BCUT2D eigenvalue weighted by Gasteiger charge is 2.24. The normalized spacial score (nSPS) is 16.0. The first-order valence-corrected chi connectivity index (χ1v) is 7.46. The zero-order valence-corrected chi connectivity index (χ0v) is 12.6. The average Bonchev–Trinajstić information content (AvgIpc) is 2.52. The highest BCUT2D eigenvalue weighted by atomic mass is 16.5. The smallest absolute Gasteiger partial charge is 0.308 e. The molecular formula is C19H14O4. The minimum atomic E-state index is -0.336. The fourth-order valence-corrected chi connectivity index (χ4v) is 3.05. The van der Waals surface area contributed by atoms with E-state index >= 15 is 0 Å². The van der Waals surface area contributed by atoms with E-state index < -0.39 is 0 Å². The molecule has 114 valence electrons. The zero-order chi connectivity index (χ0) is 16.0. The Morgan fingerprint density at radius 3 is 2.91 bits per heavy atom. The molecule has 1 aliphatic carbocycles. The summed E-state index contributed by atoms with van der Waals surface area (Å²) in [5, 5.41) is 2.06. The van der Waals surface area contributed by atoms with E-state index in [1.165, 1.54) is 6.92 Å². The number of allylic oxidation sites excluding steroid dienone is 3. The van der Waals surface area contributed by atoms with Crippen molar-refractivity contribution in [1.29, 1.82) is 0 Å². The maximum absolute atomic E-state index is 11.5. The van der Waals surface area contributed by atoms with Crippen LogP contribution in [-0.4, -0.2) is 11.8 Å². The van der Waals surface area contributed by atoms with Gasteiger partial charge in [-0.2, -0.15) is 0 Å². The number of hydrogen-bond donors (Lipinski definition) is 0. The molecule has 4 heteroatoms. The second-order valence-corrected chi connectivity index (χ2v) is 5.71. The van der Waals surface area contributed by atoms with Gasteiger partial charge in [-0.25, -0.2) is 0 Å². The first-order valence-electron chi connectivity index (χ1n) is 7.46. The maximum Gasteiger partial charge on any atom is 0.308 e. The van der Waals surface area contributed by atoms with Crippen LogP contribution in [0.15, 0.2) is 53.8 Å². The van der Waals surface area contributed by atoms with Gasteiger partial charge in [-0.1, -0.05) is 18.2 Å². The van der Waals surface area contributed by atoms with Gasteiger partial charge in [0.1, 0.15) is 17.3 Å². The highest BCUT2D eigenvalue weighted by Crippen LogP contribution is 2.39. The number of esters is 1. The van der Waals surface area contributed by atoms with E-state index in [1.807, 2.05) is 30.3 Å². The van der Waals surface area contributed by atoms with Crippen LogP contribution in [0.1, 0.15) is 18.9 Å². The summed E-state index contributed by atoms with van der Waals surface area (Å²) in [6, 6.07) is 9.40. The van der Waals surface area contributed by atoms with Gasteiger partial charge < -0.3 is 9.47 Å². The number of carbonyl (C=O) groups is 2. The molecule has 4 rings (SSSR count). The molecule has 0 amide bonds. The molecule has 0 N–H and O–H groups in total. The van der Waals surface area contributed by atoms with Crippen LogP contribution in [0.4, 0.5) is 0 Å². The second-order valence-electron chi connectivity index (χ2n) is 5.71. The van der Waals surface area contributed by atoms with E-state index in [0.29, 0.717) is 17.9 Å². The lowest BCUT2D eigenvalue weighted by molar-refractivity contribution is -0.131. The summed E-state index contributed by atoms with van der Waals surface area (Å²) >= 11 is 0. The molecule has 1 heterocycles. The Morgan fingerprint density at radius 2 is 2.09 bits per heavy atom. The van der Waals surface area contributed by atoms with E-state index in [9.17, 15) is 9.59 Å². The number of rotatable bonds is 1. The molecule has 0 aromatic heterocycles. The second kappa shape index (κ2) is 5.09. The molecule has 0 bridgehead atoms. The van der Waals surface area contributed by atoms with Crippen LogP contribution in [0, 0.1) is 0 Å². The molecule has 23 heavy (non-hydrogen) atoms. The Morgan fingerprint density at radius 1 is 1.22 bits per heavy atom. The number of carbonyl (C=O) groups excluding carboxylic acids is 2. The minimum Gasteiger partial charge on any atom is -0.457 e. The molecule has 0 radical (unpaired) electrons. The average molecular weight is 306 g/mol. The summed E-state index contributed by atoms with van der Waals surface area (Å²) in [7, 11) is 0. The van der Waals surface area contributed by atoms with Gasteiger partial charge in [-0.05, 0) is 34.5 Å². The zero-order valence-electron chi connectivity index (χ0n) is 12.6. The molecule has 0 fully saturated rings. The van der Waals surface area contributed by atoms with Crippen molar-refractivity contribution >= 4 is 22.5 Å². The predicted molar refractivity (Wildman–Crippen MR) is 85.4 cm³/mol. The topological polar surface area (TPSA) is 52.6 Å². The van der Waals surface area contributed by atoms with E-state index in [0.717, 1.165) is 34.1 Å². The summed E-state index contributed by atoms with van der Waals surface area (Å²) in [5.41, 5.74) is 2.14. The molecule has 1 aliphatic heterocycles. The summed E-state index contributed by atoms with van der Waals surface area (Å²) in [6.07, 6.45) is 4.68. The third kappa shape index (κ3) is 2.42. The fourth-order valence-electron chi connectivity index (χ4n) is 3.05. The van der Waals surface area contributed by atoms with Crippen molar-refractivity contribution in [2.24, 2.45) is 0 Å². The van der Waals surface area contributed by atoms with Crippen molar-refractivity contribution in [2.45, 2.75) is 19.8 Å². The van der Waals surface area contributed by atoms with Gasteiger partial charge in [0.25, 0.3) is 0 Å². The summed E-state index contributed by atoms with van der Waals surface area (Å²) in [6.45, 7) is 1.38. The molecule has 0 saturated heterocycles. The monoisotopic (exact) mass is 306 g/mol.